The van der Waals surface area contributed by atoms with Gasteiger partial charge in [0.2, 0.25) is 0 Å². The molecule has 0 radical (unpaired) electrons. The number of rotatable bonds is 3. The van der Waals surface area contributed by atoms with Crippen LogP contribution in [-0.2, 0) is 5.75 Å². The van der Waals surface area contributed by atoms with Crippen LogP contribution in [0.1, 0.15) is 11.1 Å². The number of aryl methyl sites for hydroxylation is 1. The highest BCUT2D eigenvalue weighted by Crippen LogP contribution is 2.21. The molecule has 2 N–H and O–H groups in total. The number of fused-ring (bicyclic) bond motifs is 1. The van der Waals surface area contributed by atoms with Gasteiger partial charge in [0.25, 0.3) is 5.56 Å². The third kappa shape index (κ3) is 2.82. The van der Waals surface area contributed by atoms with Crippen molar-refractivity contribution in [3.63, 3.8) is 0 Å². The first kappa shape index (κ1) is 14.6. The fourth-order valence-electron chi connectivity index (χ4n) is 2.12. The number of hydrogen-bond acceptors (Lipinski definition) is 4. The molecule has 1 heterocycles. The first-order valence-corrected chi connectivity index (χ1v) is 7.69. The fraction of sp³-hybridized carbons (Fsp3) is 0.125. The molecule has 22 heavy (non-hydrogen) atoms. The average molecular weight is 315 g/mol. The summed E-state index contributed by atoms with van der Waals surface area (Å²) in [5.74, 6) is 6.13. The third-order valence-electron chi connectivity index (χ3n) is 3.30. The van der Waals surface area contributed by atoms with Crippen molar-refractivity contribution in [1.82, 2.24) is 9.66 Å². The van der Waals surface area contributed by atoms with Gasteiger partial charge in [-0.1, -0.05) is 35.5 Å². The lowest BCUT2D eigenvalue weighted by atomic mass is 10.2. The average Bonchev–Trinajstić information content (AvgIpc) is 2.52. The minimum Gasteiger partial charge on any atom is -0.334 e. The van der Waals surface area contributed by atoms with Gasteiger partial charge in [-0.05, 0) is 36.8 Å². The Bertz CT molecular complexity index is 890. The minimum atomic E-state index is -0.274. The van der Waals surface area contributed by atoms with E-state index in [0.717, 1.165) is 15.8 Å². The Kier molecular flexibility index (Phi) is 3.85. The molecule has 112 valence electrons. The van der Waals surface area contributed by atoms with E-state index in [0.29, 0.717) is 21.8 Å². The summed E-state index contributed by atoms with van der Waals surface area (Å²) in [5, 5.41) is 0.944. The number of aromatic nitrogens is 2. The summed E-state index contributed by atoms with van der Waals surface area (Å²) in [7, 11) is 0. The van der Waals surface area contributed by atoms with Crippen LogP contribution in [0.25, 0.3) is 10.9 Å². The fourth-order valence-corrected chi connectivity index (χ4v) is 3.00. The minimum absolute atomic E-state index is 0.268. The maximum Gasteiger partial charge on any atom is 0.280 e. The summed E-state index contributed by atoms with van der Waals surface area (Å²) in [6.07, 6.45) is 0. The molecule has 0 amide bonds. The second-order valence-corrected chi connectivity index (χ2v) is 5.95. The number of thioether (sulfide) groups is 1. The first-order valence-electron chi connectivity index (χ1n) is 6.70. The zero-order chi connectivity index (χ0) is 15.7. The van der Waals surface area contributed by atoms with Crippen molar-refractivity contribution in [3.05, 3.63) is 69.8 Å². The van der Waals surface area contributed by atoms with E-state index in [2.05, 4.69) is 4.98 Å². The Hall–Kier alpha value is -2.34. The molecule has 1 aromatic heterocycles. The van der Waals surface area contributed by atoms with E-state index in [1.165, 1.54) is 23.9 Å². The molecule has 0 unspecified atom stereocenters. The van der Waals surface area contributed by atoms with Crippen LogP contribution in [-0.4, -0.2) is 9.66 Å². The van der Waals surface area contributed by atoms with E-state index in [-0.39, 0.29) is 11.4 Å². The predicted molar refractivity (Wildman–Crippen MR) is 86.9 cm³/mol. The monoisotopic (exact) mass is 315 g/mol. The van der Waals surface area contributed by atoms with Gasteiger partial charge in [-0.25, -0.2) is 14.1 Å². The second-order valence-electron chi connectivity index (χ2n) is 5.01. The van der Waals surface area contributed by atoms with Gasteiger partial charge in [-0.2, -0.15) is 0 Å². The highest BCUT2D eigenvalue weighted by atomic mass is 32.2. The third-order valence-corrected chi connectivity index (χ3v) is 4.33. The molecule has 0 aliphatic rings. The zero-order valence-electron chi connectivity index (χ0n) is 11.9. The maximum absolute atomic E-state index is 12.9. The molecule has 0 aliphatic carbocycles. The molecule has 2 aromatic carbocycles. The van der Waals surface area contributed by atoms with Crippen LogP contribution in [0, 0.1) is 12.7 Å². The van der Waals surface area contributed by atoms with Gasteiger partial charge in [0.05, 0.1) is 10.9 Å². The van der Waals surface area contributed by atoms with Crippen LogP contribution >= 0.6 is 11.8 Å². The van der Waals surface area contributed by atoms with Crippen LogP contribution in [0.4, 0.5) is 4.39 Å². The topological polar surface area (TPSA) is 60.9 Å². The van der Waals surface area contributed by atoms with Crippen LogP contribution in [0.5, 0.6) is 0 Å². The molecular weight excluding hydrogens is 301 g/mol. The summed E-state index contributed by atoms with van der Waals surface area (Å²) < 4.78 is 14.0. The second kappa shape index (κ2) is 5.81. The number of halogens is 1. The van der Waals surface area contributed by atoms with Crippen molar-refractivity contribution >= 4 is 22.7 Å². The lowest BCUT2D eigenvalue weighted by Crippen LogP contribution is -2.29. The van der Waals surface area contributed by atoms with E-state index in [9.17, 15) is 9.18 Å². The summed E-state index contributed by atoms with van der Waals surface area (Å²) in [5.41, 5.74) is 2.27. The number of hydrogen-bond donors (Lipinski definition) is 1. The summed E-state index contributed by atoms with van der Waals surface area (Å²) in [6.45, 7) is 1.91. The standard InChI is InChI=1S/C16H14FN3OS/c1-10-2-7-14-13(8-10)15(21)20(18)16(19-14)22-9-11-3-5-12(17)6-4-11/h2-8H,9,18H2,1H3. The Morgan fingerprint density at radius 1 is 1.23 bits per heavy atom. The molecule has 0 aliphatic heterocycles. The van der Waals surface area contributed by atoms with Gasteiger partial charge >= 0.3 is 0 Å². The summed E-state index contributed by atoms with van der Waals surface area (Å²) in [6, 6.07) is 11.7. The molecule has 3 rings (SSSR count). The van der Waals surface area contributed by atoms with Gasteiger partial charge < -0.3 is 5.84 Å². The van der Waals surface area contributed by atoms with Crippen molar-refractivity contribution in [3.8, 4) is 0 Å². The number of nitrogens with two attached hydrogens (primary N) is 1. The van der Waals surface area contributed by atoms with E-state index < -0.39 is 0 Å². The highest BCUT2D eigenvalue weighted by Gasteiger charge is 2.10. The van der Waals surface area contributed by atoms with Crippen molar-refractivity contribution in [2.24, 2.45) is 0 Å². The van der Waals surface area contributed by atoms with E-state index in [4.69, 9.17) is 5.84 Å². The normalized spacial score (nSPS) is 11.0. The molecule has 3 aromatic rings. The van der Waals surface area contributed by atoms with E-state index in [1.807, 2.05) is 19.1 Å². The van der Waals surface area contributed by atoms with Crippen molar-refractivity contribution in [1.29, 1.82) is 0 Å². The van der Waals surface area contributed by atoms with E-state index in [1.54, 1.807) is 18.2 Å². The predicted octanol–water partition coefficient (Wildman–Crippen LogP) is 2.85. The summed E-state index contributed by atoms with van der Waals surface area (Å²) in [4.78, 5) is 16.7. The number of benzene rings is 2. The van der Waals surface area contributed by atoms with Crippen LogP contribution in [0.3, 0.4) is 0 Å². The Balaban J connectivity index is 1.94. The van der Waals surface area contributed by atoms with Crippen molar-refractivity contribution in [2.75, 3.05) is 5.84 Å². The smallest absolute Gasteiger partial charge is 0.280 e. The van der Waals surface area contributed by atoms with Gasteiger partial charge in [0.1, 0.15) is 5.82 Å². The Labute approximate surface area is 130 Å². The van der Waals surface area contributed by atoms with Crippen molar-refractivity contribution < 1.29 is 4.39 Å². The van der Waals surface area contributed by atoms with Crippen molar-refractivity contribution in [2.45, 2.75) is 17.8 Å². The lowest BCUT2D eigenvalue weighted by molar-refractivity contribution is 0.627. The van der Waals surface area contributed by atoms with Gasteiger partial charge in [0.15, 0.2) is 5.16 Å². The largest absolute Gasteiger partial charge is 0.334 e. The first-order chi connectivity index (χ1) is 10.5. The van der Waals surface area contributed by atoms with Crippen LogP contribution < -0.4 is 11.4 Å². The molecule has 0 saturated heterocycles. The molecule has 6 heteroatoms. The zero-order valence-corrected chi connectivity index (χ0v) is 12.7. The Morgan fingerprint density at radius 2 is 1.95 bits per heavy atom. The summed E-state index contributed by atoms with van der Waals surface area (Å²) >= 11 is 1.34. The van der Waals surface area contributed by atoms with Crippen LogP contribution in [0.15, 0.2) is 52.4 Å². The van der Waals surface area contributed by atoms with Gasteiger partial charge in [-0.3, -0.25) is 4.79 Å². The molecule has 4 nitrogen and oxygen atoms in total. The SMILES string of the molecule is Cc1ccc2nc(SCc3ccc(F)cc3)n(N)c(=O)c2c1. The molecule has 0 atom stereocenters. The lowest BCUT2D eigenvalue weighted by Gasteiger charge is -2.08. The van der Waals surface area contributed by atoms with E-state index >= 15 is 0 Å². The highest BCUT2D eigenvalue weighted by molar-refractivity contribution is 7.98. The van der Waals surface area contributed by atoms with Crippen LogP contribution in [0.2, 0.25) is 0 Å². The molecule has 0 bridgehead atoms. The van der Waals surface area contributed by atoms with Gasteiger partial charge in [-0.15, -0.1) is 0 Å². The maximum atomic E-state index is 12.9. The number of nitrogens with zero attached hydrogens (tertiary/aromatic N) is 2. The molecule has 0 saturated carbocycles. The molecule has 0 fully saturated rings. The molecular formula is C16H14FN3OS. The Morgan fingerprint density at radius 3 is 2.68 bits per heavy atom. The number of nitrogen functional groups attached to an aromatic ring is 1. The quantitative estimate of drug-likeness (QED) is 0.459. The molecule has 0 spiro atoms. The van der Waals surface area contributed by atoms with Gasteiger partial charge in [0, 0.05) is 5.75 Å².